The number of thioether (sulfide) groups is 1. The zero-order valence-electron chi connectivity index (χ0n) is 12.1. The molecule has 0 unspecified atom stereocenters. The van der Waals surface area contributed by atoms with Crippen LogP contribution >= 0.6 is 11.8 Å². The Morgan fingerprint density at radius 1 is 1.16 bits per heavy atom. The summed E-state index contributed by atoms with van der Waals surface area (Å²) in [4.78, 5) is 0. The van der Waals surface area contributed by atoms with Crippen molar-refractivity contribution in [2.75, 3.05) is 19.5 Å². The Morgan fingerprint density at radius 2 is 1.84 bits per heavy atom. The molecule has 1 aromatic rings. The number of ether oxygens (including phenoxy) is 1. The highest BCUT2D eigenvalue weighted by atomic mass is 32.2. The molecule has 108 valence electrons. The highest BCUT2D eigenvalue weighted by Gasteiger charge is 2.08. The standard InChI is InChI=1S/C15H25NO2S/c1-14-10-9-11-16(17)15(14)19-13-8-6-4-3-5-7-12-18-2/h9-11H,3-8,12-13H2,1-2H3. The summed E-state index contributed by atoms with van der Waals surface area (Å²) in [6.45, 7) is 2.87. The van der Waals surface area contributed by atoms with Crippen LogP contribution in [0.4, 0.5) is 0 Å². The summed E-state index contributed by atoms with van der Waals surface area (Å²) in [5, 5.41) is 12.4. The molecule has 0 radical (unpaired) electrons. The fourth-order valence-corrected chi connectivity index (χ4v) is 3.01. The quantitative estimate of drug-likeness (QED) is 0.284. The molecule has 0 aliphatic carbocycles. The summed E-state index contributed by atoms with van der Waals surface area (Å²) in [6.07, 6.45) is 9.03. The molecule has 0 spiro atoms. The van der Waals surface area contributed by atoms with Crippen LogP contribution in [0.1, 0.15) is 44.1 Å². The van der Waals surface area contributed by atoms with Crippen LogP contribution in [0, 0.1) is 12.1 Å². The molecule has 4 heteroatoms. The molecule has 1 heterocycles. The van der Waals surface area contributed by atoms with Crippen LogP contribution < -0.4 is 4.73 Å². The maximum atomic E-state index is 11.6. The molecule has 1 aromatic heterocycles. The first kappa shape index (κ1) is 16.3. The molecule has 0 N–H and O–H groups in total. The van der Waals surface area contributed by atoms with Gasteiger partial charge in [0.2, 0.25) is 0 Å². The van der Waals surface area contributed by atoms with Crippen molar-refractivity contribution >= 4 is 11.8 Å². The third-order valence-electron chi connectivity index (χ3n) is 3.09. The van der Waals surface area contributed by atoms with Gasteiger partial charge >= 0.3 is 0 Å². The Kier molecular flexibility index (Phi) is 8.67. The van der Waals surface area contributed by atoms with Crippen LogP contribution in [0.15, 0.2) is 23.4 Å². The lowest BCUT2D eigenvalue weighted by Crippen LogP contribution is -2.29. The molecule has 0 bridgehead atoms. The van der Waals surface area contributed by atoms with Crippen molar-refractivity contribution in [2.45, 2.75) is 50.5 Å². The topological polar surface area (TPSA) is 36.2 Å². The van der Waals surface area contributed by atoms with Gasteiger partial charge in [0.25, 0.3) is 5.03 Å². The number of aromatic nitrogens is 1. The van der Waals surface area contributed by atoms with E-state index in [1.807, 2.05) is 13.0 Å². The first-order chi connectivity index (χ1) is 9.25. The number of pyridine rings is 1. The van der Waals surface area contributed by atoms with Crippen LogP contribution in [0.3, 0.4) is 0 Å². The molecular formula is C15H25NO2S. The lowest BCUT2D eigenvalue weighted by atomic mass is 10.1. The van der Waals surface area contributed by atoms with E-state index in [-0.39, 0.29) is 0 Å². The van der Waals surface area contributed by atoms with Gasteiger partial charge in [-0.05, 0) is 25.8 Å². The van der Waals surface area contributed by atoms with Gasteiger partial charge in [0.05, 0.1) is 0 Å². The number of nitrogens with zero attached hydrogens (tertiary/aromatic N) is 1. The molecule has 0 aromatic carbocycles. The molecule has 0 fully saturated rings. The minimum absolute atomic E-state index is 0.850. The third kappa shape index (κ3) is 6.83. The number of rotatable bonds is 10. The average Bonchev–Trinajstić information content (AvgIpc) is 2.40. The minimum Gasteiger partial charge on any atom is -0.618 e. The van der Waals surface area contributed by atoms with E-state index in [0.717, 1.165) is 27.7 Å². The number of methoxy groups -OCH3 is 1. The number of hydrogen-bond acceptors (Lipinski definition) is 3. The van der Waals surface area contributed by atoms with Gasteiger partial charge in [-0.2, -0.15) is 4.73 Å². The molecule has 0 amide bonds. The maximum absolute atomic E-state index is 11.6. The molecule has 0 aliphatic heterocycles. The molecule has 0 aliphatic rings. The minimum atomic E-state index is 0.850. The summed E-state index contributed by atoms with van der Waals surface area (Å²) in [7, 11) is 1.76. The van der Waals surface area contributed by atoms with E-state index < -0.39 is 0 Å². The Bertz CT molecular complexity index is 338. The summed E-state index contributed by atoms with van der Waals surface area (Å²) in [5.74, 6) is 1.03. The van der Waals surface area contributed by atoms with Crippen LogP contribution in [0.2, 0.25) is 0 Å². The normalized spacial score (nSPS) is 10.8. The van der Waals surface area contributed by atoms with E-state index in [2.05, 4.69) is 0 Å². The number of unbranched alkanes of at least 4 members (excludes halogenated alkanes) is 5. The Labute approximate surface area is 120 Å². The van der Waals surface area contributed by atoms with Crippen molar-refractivity contribution in [1.82, 2.24) is 0 Å². The Balaban J connectivity index is 2.05. The van der Waals surface area contributed by atoms with E-state index in [9.17, 15) is 5.21 Å². The molecule has 0 atom stereocenters. The summed E-state index contributed by atoms with van der Waals surface area (Å²) in [5.41, 5.74) is 1.07. The van der Waals surface area contributed by atoms with Gasteiger partial charge in [-0.25, -0.2) is 0 Å². The molecule has 19 heavy (non-hydrogen) atoms. The first-order valence-corrected chi connectivity index (χ1v) is 8.05. The summed E-state index contributed by atoms with van der Waals surface area (Å²) < 4.78 is 6.00. The first-order valence-electron chi connectivity index (χ1n) is 7.06. The molecule has 0 saturated carbocycles. The second-order valence-corrected chi connectivity index (χ2v) is 5.87. The van der Waals surface area contributed by atoms with E-state index in [4.69, 9.17) is 4.74 Å². The SMILES string of the molecule is COCCCCCCCCSc1c(C)ccc[n+]1[O-]. The lowest BCUT2D eigenvalue weighted by Gasteiger charge is -2.06. The zero-order chi connectivity index (χ0) is 13.9. The number of hydrogen-bond donors (Lipinski definition) is 0. The van der Waals surface area contributed by atoms with Crippen LogP contribution in [-0.4, -0.2) is 19.5 Å². The van der Waals surface area contributed by atoms with Crippen molar-refractivity contribution in [3.63, 3.8) is 0 Å². The molecule has 1 rings (SSSR count). The van der Waals surface area contributed by atoms with Gasteiger partial charge in [-0.15, -0.1) is 0 Å². The predicted octanol–water partition coefficient (Wildman–Crippen LogP) is 3.71. The van der Waals surface area contributed by atoms with Crippen LogP contribution in [0.5, 0.6) is 0 Å². The fraction of sp³-hybridized carbons (Fsp3) is 0.667. The van der Waals surface area contributed by atoms with Gasteiger partial charge in [-0.1, -0.05) is 37.4 Å². The second-order valence-electron chi connectivity index (χ2n) is 4.78. The van der Waals surface area contributed by atoms with E-state index >= 15 is 0 Å². The van der Waals surface area contributed by atoms with Crippen molar-refractivity contribution < 1.29 is 9.47 Å². The van der Waals surface area contributed by atoms with Gasteiger partial charge < -0.3 is 9.94 Å². The summed E-state index contributed by atoms with van der Waals surface area (Å²) in [6, 6.07) is 3.79. The molecular weight excluding hydrogens is 258 g/mol. The van der Waals surface area contributed by atoms with Gasteiger partial charge in [0, 0.05) is 31.1 Å². The van der Waals surface area contributed by atoms with Crippen LogP contribution in [-0.2, 0) is 4.74 Å². The van der Waals surface area contributed by atoms with Gasteiger partial charge in [0.1, 0.15) is 0 Å². The van der Waals surface area contributed by atoms with Crippen molar-refractivity contribution in [3.8, 4) is 0 Å². The highest BCUT2D eigenvalue weighted by molar-refractivity contribution is 7.99. The maximum Gasteiger partial charge on any atom is 0.254 e. The highest BCUT2D eigenvalue weighted by Crippen LogP contribution is 2.19. The van der Waals surface area contributed by atoms with E-state index in [0.29, 0.717) is 0 Å². The lowest BCUT2D eigenvalue weighted by molar-refractivity contribution is -0.646. The third-order valence-corrected chi connectivity index (χ3v) is 4.35. The van der Waals surface area contributed by atoms with E-state index in [1.54, 1.807) is 31.1 Å². The Morgan fingerprint density at radius 3 is 2.53 bits per heavy atom. The second kappa shape index (κ2) is 10.1. The monoisotopic (exact) mass is 283 g/mol. The molecule has 3 nitrogen and oxygen atoms in total. The van der Waals surface area contributed by atoms with Gasteiger partial charge in [0.15, 0.2) is 6.20 Å². The smallest absolute Gasteiger partial charge is 0.254 e. The Hall–Kier alpha value is -0.740. The zero-order valence-corrected chi connectivity index (χ0v) is 12.9. The summed E-state index contributed by atoms with van der Waals surface area (Å²) >= 11 is 1.68. The fourth-order valence-electron chi connectivity index (χ4n) is 1.98. The number of aryl methyl sites for hydroxylation is 1. The van der Waals surface area contributed by atoms with Crippen molar-refractivity contribution in [1.29, 1.82) is 0 Å². The predicted molar refractivity (Wildman–Crippen MR) is 80.4 cm³/mol. The van der Waals surface area contributed by atoms with Crippen molar-refractivity contribution in [2.24, 2.45) is 0 Å². The van der Waals surface area contributed by atoms with E-state index in [1.165, 1.54) is 38.5 Å². The largest absolute Gasteiger partial charge is 0.618 e. The molecule has 0 saturated heterocycles. The van der Waals surface area contributed by atoms with Crippen LogP contribution in [0.25, 0.3) is 0 Å². The van der Waals surface area contributed by atoms with Crippen molar-refractivity contribution in [3.05, 3.63) is 29.1 Å². The average molecular weight is 283 g/mol. The van der Waals surface area contributed by atoms with Gasteiger partial charge in [-0.3, -0.25) is 0 Å².